The quantitative estimate of drug-likeness (QED) is 0.0608. The second kappa shape index (κ2) is 19.7. The van der Waals surface area contributed by atoms with Crippen LogP contribution in [0.4, 0.5) is 0 Å². The van der Waals surface area contributed by atoms with Crippen LogP contribution in [0.1, 0.15) is 31.9 Å². The van der Waals surface area contributed by atoms with Gasteiger partial charge in [0.05, 0.1) is 32.5 Å². The number of phenolic OH excluding ortho intramolecular Hbond substituents is 3. The third-order valence-corrected chi connectivity index (χ3v) is 9.81. The van der Waals surface area contributed by atoms with Gasteiger partial charge in [0.2, 0.25) is 0 Å². The molecule has 0 aromatic heterocycles. The lowest BCUT2D eigenvalue weighted by Gasteiger charge is -2.48. The topological polar surface area (TPSA) is 299 Å². The lowest BCUT2D eigenvalue weighted by Crippen LogP contribution is -2.66. The SMILES string of the molecule is COc1cc(C=CC(=O)O[C@H]2[C@@H](O[C@@H]3O[C@@H](C)[C@@H](O)[C@H](O)[C@H]3O)[C@H](OC(C)=O)[C@@H](OCCc3ccc(O)c(O)c3)O[C@@H]2CO[C@H]2O[C@@H](C)[C@H](O)[C@H](O)[C@@H]2O)ccc1O. The van der Waals surface area contributed by atoms with E-state index >= 15 is 0 Å². The fourth-order valence-electron chi connectivity index (χ4n) is 6.54. The van der Waals surface area contributed by atoms with E-state index in [9.17, 15) is 55.5 Å². The monoisotopic (exact) mass is 826 g/mol. The van der Waals surface area contributed by atoms with Crippen LogP contribution < -0.4 is 4.74 Å². The van der Waals surface area contributed by atoms with E-state index in [0.717, 1.165) is 13.0 Å². The lowest BCUT2D eigenvalue weighted by molar-refractivity contribution is -0.364. The van der Waals surface area contributed by atoms with E-state index in [0.29, 0.717) is 11.1 Å². The molecule has 0 amide bonds. The number of carbonyl (C=O) groups excluding carboxylic acids is 2. The van der Waals surface area contributed by atoms with Crippen molar-refractivity contribution in [2.75, 3.05) is 20.3 Å². The van der Waals surface area contributed by atoms with Gasteiger partial charge in [-0.05, 0) is 61.7 Å². The summed E-state index contributed by atoms with van der Waals surface area (Å²) in [6.45, 7) is 3.11. The first-order valence-electron chi connectivity index (χ1n) is 18.4. The predicted octanol–water partition coefficient (Wildman–Crippen LogP) is -1.29. The molecule has 20 nitrogen and oxygen atoms in total. The zero-order chi connectivity index (χ0) is 42.4. The molecule has 15 atom stereocenters. The van der Waals surface area contributed by atoms with E-state index in [-0.39, 0.29) is 36.0 Å². The third kappa shape index (κ3) is 10.7. The van der Waals surface area contributed by atoms with Crippen LogP contribution in [-0.2, 0) is 53.9 Å². The van der Waals surface area contributed by atoms with Crippen LogP contribution in [0.5, 0.6) is 23.0 Å². The number of methoxy groups -OCH3 is 1. The number of rotatable bonds is 14. The lowest BCUT2D eigenvalue weighted by atomic mass is 9.96. The van der Waals surface area contributed by atoms with E-state index in [1.165, 1.54) is 63.4 Å². The summed E-state index contributed by atoms with van der Waals surface area (Å²) in [6, 6.07) is 8.35. The fourth-order valence-corrected chi connectivity index (χ4v) is 6.54. The van der Waals surface area contributed by atoms with Crippen molar-refractivity contribution >= 4 is 18.0 Å². The number of hydrogen-bond donors (Lipinski definition) is 9. The Balaban J connectivity index is 1.50. The number of aliphatic hydroxyl groups is 6. The summed E-state index contributed by atoms with van der Waals surface area (Å²) in [5.74, 6) is -2.67. The van der Waals surface area contributed by atoms with Crippen molar-refractivity contribution in [2.24, 2.45) is 0 Å². The Hall–Kier alpha value is -4.16. The van der Waals surface area contributed by atoms with Crippen molar-refractivity contribution in [1.29, 1.82) is 0 Å². The van der Waals surface area contributed by atoms with Crippen LogP contribution in [0.2, 0.25) is 0 Å². The van der Waals surface area contributed by atoms with E-state index in [1.807, 2.05) is 0 Å². The summed E-state index contributed by atoms with van der Waals surface area (Å²) in [5.41, 5.74) is 0.928. The number of esters is 2. The molecule has 9 N–H and O–H groups in total. The number of hydrogen-bond acceptors (Lipinski definition) is 20. The third-order valence-electron chi connectivity index (χ3n) is 9.81. The summed E-state index contributed by atoms with van der Waals surface area (Å²) < 4.78 is 52.2. The normalized spacial score (nSPS) is 35.4. The van der Waals surface area contributed by atoms with E-state index < -0.39 is 111 Å². The Morgan fingerprint density at radius 3 is 1.97 bits per heavy atom. The van der Waals surface area contributed by atoms with Crippen molar-refractivity contribution in [3.63, 3.8) is 0 Å². The predicted molar refractivity (Wildman–Crippen MR) is 193 cm³/mol. The second-order valence-corrected chi connectivity index (χ2v) is 14.0. The number of carbonyl (C=O) groups is 2. The highest BCUT2D eigenvalue weighted by atomic mass is 16.8. The Bertz CT molecular complexity index is 1720. The summed E-state index contributed by atoms with van der Waals surface area (Å²) in [7, 11) is 1.34. The van der Waals surface area contributed by atoms with Crippen molar-refractivity contribution in [3.8, 4) is 23.0 Å². The molecule has 2 aromatic rings. The van der Waals surface area contributed by atoms with Gasteiger partial charge in [-0.2, -0.15) is 0 Å². The van der Waals surface area contributed by atoms with Crippen LogP contribution in [0, 0.1) is 0 Å². The maximum Gasteiger partial charge on any atom is 0.331 e. The molecule has 5 rings (SSSR count). The minimum absolute atomic E-state index is 0.116. The van der Waals surface area contributed by atoms with Gasteiger partial charge in [0.25, 0.3) is 0 Å². The molecule has 3 aliphatic heterocycles. The van der Waals surface area contributed by atoms with Gasteiger partial charge in [0, 0.05) is 13.0 Å². The Morgan fingerprint density at radius 1 is 0.690 bits per heavy atom. The molecule has 20 heteroatoms. The molecule has 0 radical (unpaired) electrons. The highest BCUT2D eigenvalue weighted by Gasteiger charge is 2.55. The van der Waals surface area contributed by atoms with Gasteiger partial charge in [-0.25, -0.2) is 4.79 Å². The number of benzene rings is 2. The second-order valence-electron chi connectivity index (χ2n) is 14.0. The fraction of sp³-hybridized carbons (Fsp3) is 0.579. The van der Waals surface area contributed by atoms with Gasteiger partial charge in [0.1, 0.15) is 48.8 Å². The summed E-state index contributed by atoms with van der Waals surface area (Å²) in [4.78, 5) is 26.2. The van der Waals surface area contributed by atoms with Crippen molar-refractivity contribution in [2.45, 2.75) is 119 Å². The number of aromatic hydroxyl groups is 3. The van der Waals surface area contributed by atoms with E-state index in [2.05, 4.69) is 0 Å². The maximum atomic E-state index is 13.6. The smallest absolute Gasteiger partial charge is 0.331 e. The molecule has 322 valence electrons. The molecule has 0 spiro atoms. The molecule has 3 heterocycles. The number of ether oxygens (including phenoxy) is 9. The Kier molecular flexibility index (Phi) is 15.3. The number of aliphatic hydroxyl groups excluding tert-OH is 6. The van der Waals surface area contributed by atoms with Gasteiger partial charge < -0.3 is 88.6 Å². The highest BCUT2D eigenvalue weighted by molar-refractivity contribution is 5.87. The average molecular weight is 827 g/mol. The van der Waals surface area contributed by atoms with E-state index in [4.69, 9.17) is 42.6 Å². The van der Waals surface area contributed by atoms with Crippen molar-refractivity contribution in [3.05, 3.63) is 53.6 Å². The minimum Gasteiger partial charge on any atom is -0.504 e. The molecule has 3 fully saturated rings. The first kappa shape index (κ1) is 44.9. The molecule has 0 aliphatic carbocycles. The van der Waals surface area contributed by atoms with Gasteiger partial charge in [-0.1, -0.05) is 12.1 Å². The molecular formula is C38H50O20. The van der Waals surface area contributed by atoms with E-state index in [1.54, 1.807) is 0 Å². The van der Waals surface area contributed by atoms with Gasteiger partial charge in [-0.3, -0.25) is 4.79 Å². The van der Waals surface area contributed by atoms with Crippen LogP contribution in [0.3, 0.4) is 0 Å². The van der Waals surface area contributed by atoms with Crippen LogP contribution >= 0.6 is 0 Å². The standard InChI is InChI=1S/C38H50O20/c1-16-27(44)29(46)31(48)36(53-16)52-15-25-33(57-26(43)10-7-19-6-9-22(41)24(14-19)50-4)34(58-37-32(49)30(47)28(45)17(2)54-37)35(55-18(3)39)38(56-25)51-12-11-20-5-8-21(40)23(42)13-20/h5-10,13-14,16-17,25,27-38,40-42,44-49H,11-12,15H2,1-4H3/t16-,17-,25+,27-,28+,29-,30-,31-,32+,33+,34+,35-,36-,37-,38-/m0/s1. The average Bonchev–Trinajstić information content (AvgIpc) is 3.19. The molecule has 2 aromatic carbocycles. The maximum absolute atomic E-state index is 13.6. The molecule has 3 saturated heterocycles. The zero-order valence-electron chi connectivity index (χ0n) is 31.9. The van der Waals surface area contributed by atoms with Crippen molar-refractivity contribution in [1.82, 2.24) is 0 Å². The van der Waals surface area contributed by atoms with Gasteiger partial charge >= 0.3 is 11.9 Å². The molecule has 3 aliphatic rings. The minimum atomic E-state index is -1.89. The van der Waals surface area contributed by atoms with Gasteiger partial charge in [-0.15, -0.1) is 0 Å². The molecular weight excluding hydrogens is 776 g/mol. The molecule has 58 heavy (non-hydrogen) atoms. The molecule has 0 saturated carbocycles. The molecule has 0 bridgehead atoms. The Morgan fingerprint density at radius 2 is 1.33 bits per heavy atom. The summed E-state index contributed by atoms with van der Waals surface area (Å²) in [5, 5.41) is 92.9. The van der Waals surface area contributed by atoms with Gasteiger partial charge in [0.15, 0.2) is 54.1 Å². The summed E-state index contributed by atoms with van der Waals surface area (Å²) >= 11 is 0. The first-order valence-corrected chi connectivity index (χ1v) is 18.4. The van der Waals surface area contributed by atoms with Crippen LogP contribution in [0.25, 0.3) is 6.08 Å². The molecule has 0 unspecified atom stereocenters. The van der Waals surface area contributed by atoms with Crippen LogP contribution in [0.15, 0.2) is 42.5 Å². The Labute approximate surface area is 332 Å². The zero-order valence-corrected chi connectivity index (χ0v) is 31.9. The van der Waals surface area contributed by atoms with Crippen molar-refractivity contribution < 1.29 is 98.2 Å². The highest BCUT2D eigenvalue weighted by Crippen LogP contribution is 2.35. The largest absolute Gasteiger partial charge is 0.504 e. The summed E-state index contributed by atoms with van der Waals surface area (Å²) in [6.07, 6.45) is -21.0. The number of phenols is 3. The first-order chi connectivity index (χ1) is 27.5. The van der Waals surface area contributed by atoms with Crippen LogP contribution in [-0.4, -0.2) is 170 Å².